The van der Waals surface area contributed by atoms with E-state index in [2.05, 4.69) is 10.6 Å². The highest BCUT2D eigenvalue weighted by atomic mass is 35.5. The van der Waals surface area contributed by atoms with Gasteiger partial charge in [-0.1, -0.05) is 11.6 Å². The Bertz CT molecular complexity index is 492. The number of aliphatic hydroxyl groups is 1. The molecule has 20 heavy (non-hydrogen) atoms. The van der Waals surface area contributed by atoms with E-state index in [1.807, 2.05) is 0 Å². The summed E-state index contributed by atoms with van der Waals surface area (Å²) in [6.45, 7) is 0.494. The zero-order valence-electron chi connectivity index (χ0n) is 10.8. The lowest BCUT2D eigenvalue weighted by molar-refractivity contribution is -0.117. The molecule has 0 aliphatic carbocycles. The summed E-state index contributed by atoms with van der Waals surface area (Å²) in [5, 5.41) is 14.4. The number of nitrogens with one attached hydrogen (secondary N) is 2. The molecule has 6 nitrogen and oxygen atoms in total. The smallest absolute Gasteiger partial charge is 0.315 e. The highest BCUT2D eigenvalue weighted by molar-refractivity contribution is 6.30. The normalized spacial score (nSPS) is 18.2. The molecule has 1 heterocycles. The maximum absolute atomic E-state index is 11.9. The van der Waals surface area contributed by atoms with Crippen LogP contribution < -0.4 is 15.5 Å². The second kappa shape index (κ2) is 6.58. The predicted molar refractivity (Wildman–Crippen MR) is 75.8 cm³/mol. The van der Waals surface area contributed by atoms with Gasteiger partial charge in [0.05, 0.1) is 12.6 Å². The van der Waals surface area contributed by atoms with Crippen LogP contribution in [-0.2, 0) is 4.79 Å². The third kappa shape index (κ3) is 3.61. The summed E-state index contributed by atoms with van der Waals surface area (Å²) in [4.78, 5) is 25.0. The number of hydrogen-bond donors (Lipinski definition) is 3. The molecule has 0 radical (unpaired) electrons. The van der Waals surface area contributed by atoms with Crippen molar-refractivity contribution in [2.75, 3.05) is 24.6 Å². The monoisotopic (exact) mass is 297 g/mol. The van der Waals surface area contributed by atoms with Gasteiger partial charge in [0.25, 0.3) is 0 Å². The van der Waals surface area contributed by atoms with Crippen LogP contribution in [0.2, 0.25) is 5.02 Å². The lowest BCUT2D eigenvalue weighted by Crippen LogP contribution is -2.44. The Morgan fingerprint density at radius 1 is 1.40 bits per heavy atom. The molecule has 108 valence electrons. The van der Waals surface area contributed by atoms with Crippen LogP contribution >= 0.6 is 11.6 Å². The molecule has 0 saturated carbocycles. The first-order chi connectivity index (χ1) is 9.60. The zero-order chi connectivity index (χ0) is 14.5. The molecule has 1 fully saturated rings. The summed E-state index contributed by atoms with van der Waals surface area (Å²) in [7, 11) is 0. The largest absolute Gasteiger partial charge is 0.395 e. The molecule has 2 rings (SSSR count). The van der Waals surface area contributed by atoms with Crippen molar-refractivity contribution in [2.45, 2.75) is 12.5 Å². The minimum atomic E-state index is -0.380. The Kier molecular flexibility index (Phi) is 4.81. The number of nitrogens with zero attached hydrogens (tertiary/aromatic N) is 1. The molecule has 7 heteroatoms. The van der Waals surface area contributed by atoms with Gasteiger partial charge >= 0.3 is 6.03 Å². The van der Waals surface area contributed by atoms with Crippen LogP contribution in [0, 0.1) is 0 Å². The van der Waals surface area contributed by atoms with E-state index in [9.17, 15) is 9.59 Å². The number of hydrogen-bond acceptors (Lipinski definition) is 3. The Labute approximate surface area is 121 Å². The van der Waals surface area contributed by atoms with E-state index in [1.165, 1.54) is 0 Å². The fourth-order valence-electron chi connectivity index (χ4n) is 2.08. The Balaban J connectivity index is 1.93. The van der Waals surface area contributed by atoms with Crippen molar-refractivity contribution in [3.05, 3.63) is 29.3 Å². The Hall–Kier alpha value is -1.79. The molecule has 3 N–H and O–H groups in total. The average Bonchev–Trinajstić information content (AvgIpc) is 2.78. The second-order valence-electron chi connectivity index (χ2n) is 4.51. The minimum absolute atomic E-state index is 0.0419. The predicted octanol–water partition coefficient (Wildman–Crippen LogP) is 0.737. The molecular weight excluding hydrogens is 282 g/mol. The van der Waals surface area contributed by atoms with Crippen molar-refractivity contribution in [1.29, 1.82) is 0 Å². The first kappa shape index (κ1) is 14.6. The van der Waals surface area contributed by atoms with Gasteiger partial charge in [-0.15, -0.1) is 0 Å². The van der Waals surface area contributed by atoms with Crippen LogP contribution in [-0.4, -0.2) is 42.8 Å². The molecule has 0 aromatic heterocycles. The number of benzene rings is 1. The van der Waals surface area contributed by atoms with Gasteiger partial charge < -0.3 is 20.6 Å². The summed E-state index contributed by atoms with van der Waals surface area (Å²) >= 11 is 5.81. The van der Waals surface area contributed by atoms with Crippen LogP contribution in [0.1, 0.15) is 6.42 Å². The lowest BCUT2D eigenvalue weighted by Gasteiger charge is -2.17. The molecule has 1 aromatic rings. The van der Waals surface area contributed by atoms with Crippen molar-refractivity contribution in [3.8, 4) is 0 Å². The topological polar surface area (TPSA) is 81.7 Å². The van der Waals surface area contributed by atoms with Crippen LogP contribution in [0.25, 0.3) is 0 Å². The fourth-order valence-corrected chi connectivity index (χ4v) is 2.21. The molecule has 0 bridgehead atoms. The standard InChI is InChI=1S/C13H16ClN3O3/c14-9-1-3-11(4-2-9)17-8-10(7-12(17)19)16-13(20)15-5-6-18/h1-4,10,18H,5-8H2,(H2,15,16,20)/t10-/m1/s1. The number of rotatable bonds is 4. The van der Waals surface area contributed by atoms with Gasteiger partial charge in [-0.05, 0) is 24.3 Å². The first-order valence-electron chi connectivity index (χ1n) is 6.31. The van der Waals surface area contributed by atoms with E-state index in [-0.39, 0.29) is 37.6 Å². The van der Waals surface area contributed by atoms with Gasteiger partial charge in [-0.2, -0.15) is 0 Å². The molecular formula is C13H16ClN3O3. The van der Waals surface area contributed by atoms with Gasteiger partial charge in [0.15, 0.2) is 0 Å². The fraction of sp³-hybridized carbons (Fsp3) is 0.385. The highest BCUT2D eigenvalue weighted by Gasteiger charge is 2.31. The van der Waals surface area contributed by atoms with E-state index in [0.717, 1.165) is 5.69 Å². The van der Waals surface area contributed by atoms with Crippen molar-refractivity contribution in [2.24, 2.45) is 0 Å². The van der Waals surface area contributed by atoms with Crippen LogP contribution in [0.15, 0.2) is 24.3 Å². The van der Waals surface area contributed by atoms with Crippen LogP contribution in [0.5, 0.6) is 0 Å². The van der Waals surface area contributed by atoms with Crippen molar-refractivity contribution < 1.29 is 14.7 Å². The Morgan fingerprint density at radius 3 is 2.75 bits per heavy atom. The van der Waals surface area contributed by atoms with E-state index >= 15 is 0 Å². The number of carbonyl (C=O) groups is 2. The van der Waals surface area contributed by atoms with Gasteiger partial charge in [0.1, 0.15) is 0 Å². The molecule has 1 aliphatic rings. The number of amides is 3. The first-order valence-corrected chi connectivity index (χ1v) is 6.69. The molecule has 0 unspecified atom stereocenters. The van der Waals surface area contributed by atoms with E-state index in [0.29, 0.717) is 11.6 Å². The number of halogens is 1. The highest BCUT2D eigenvalue weighted by Crippen LogP contribution is 2.23. The van der Waals surface area contributed by atoms with E-state index < -0.39 is 0 Å². The van der Waals surface area contributed by atoms with Crippen molar-refractivity contribution in [3.63, 3.8) is 0 Å². The zero-order valence-corrected chi connectivity index (χ0v) is 11.6. The van der Waals surface area contributed by atoms with Gasteiger partial charge in [0.2, 0.25) is 5.91 Å². The minimum Gasteiger partial charge on any atom is -0.395 e. The summed E-state index contributed by atoms with van der Waals surface area (Å²) in [5.41, 5.74) is 0.763. The number of urea groups is 1. The third-order valence-corrected chi connectivity index (χ3v) is 3.25. The van der Waals surface area contributed by atoms with Gasteiger partial charge in [-0.25, -0.2) is 4.79 Å². The maximum Gasteiger partial charge on any atom is 0.315 e. The van der Waals surface area contributed by atoms with Crippen LogP contribution in [0.4, 0.5) is 10.5 Å². The van der Waals surface area contributed by atoms with Crippen molar-refractivity contribution in [1.82, 2.24) is 10.6 Å². The summed E-state index contributed by atoms with van der Waals surface area (Å²) in [5.74, 6) is -0.0419. The maximum atomic E-state index is 11.9. The molecule has 1 aliphatic heterocycles. The SMILES string of the molecule is O=C(NCCO)N[C@@H]1CC(=O)N(c2ccc(Cl)cc2)C1. The molecule has 1 saturated heterocycles. The van der Waals surface area contributed by atoms with E-state index in [4.69, 9.17) is 16.7 Å². The summed E-state index contributed by atoms with van der Waals surface area (Å²) in [6, 6.07) is 6.37. The van der Waals surface area contributed by atoms with Gasteiger partial charge in [0, 0.05) is 30.2 Å². The Morgan fingerprint density at radius 2 is 2.10 bits per heavy atom. The molecule has 1 aromatic carbocycles. The van der Waals surface area contributed by atoms with Gasteiger partial charge in [-0.3, -0.25) is 4.79 Å². The quantitative estimate of drug-likeness (QED) is 0.766. The molecule has 3 amide bonds. The number of aliphatic hydroxyl groups excluding tert-OH is 1. The lowest BCUT2D eigenvalue weighted by atomic mass is 10.2. The number of anilines is 1. The second-order valence-corrected chi connectivity index (χ2v) is 4.94. The average molecular weight is 298 g/mol. The van der Waals surface area contributed by atoms with E-state index in [1.54, 1.807) is 29.2 Å². The van der Waals surface area contributed by atoms with Crippen LogP contribution in [0.3, 0.4) is 0 Å². The van der Waals surface area contributed by atoms with Crippen molar-refractivity contribution >= 4 is 29.2 Å². The summed E-state index contributed by atoms with van der Waals surface area (Å²) < 4.78 is 0. The molecule has 0 spiro atoms. The molecule has 1 atom stereocenters. The number of carbonyl (C=O) groups excluding carboxylic acids is 2. The third-order valence-electron chi connectivity index (χ3n) is 3.00. The summed E-state index contributed by atoms with van der Waals surface area (Å²) in [6.07, 6.45) is 0.259.